The Balaban J connectivity index is 1.19. The van der Waals surface area contributed by atoms with Crippen LogP contribution in [0.15, 0.2) is 145 Å². The number of hydrogen-bond donors (Lipinski definition) is 2. The number of allylic oxidation sites excluding steroid dienone is 1. The van der Waals surface area contributed by atoms with Crippen molar-refractivity contribution in [2.45, 2.75) is 96.3 Å². The van der Waals surface area contributed by atoms with Gasteiger partial charge in [0.1, 0.15) is 36.5 Å². The van der Waals surface area contributed by atoms with Crippen LogP contribution in [0.5, 0.6) is 28.7 Å². The molecule has 2 heterocycles. The molecule has 0 aromatic heterocycles. The van der Waals surface area contributed by atoms with Crippen LogP contribution in [0.2, 0.25) is 0 Å². The highest BCUT2D eigenvalue weighted by Gasteiger charge is 2.66. The van der Waals surface area contributed by atoms with Gasteiger partial charge in [-0.05, 0) is 127 Å². The lowest BCUT2D eigenvalue weighted by atomic mass is 9.55. The molecule has 0 saturated heterocycles. The first-order chi connectivity index (χ1) is 35.8. The molecule has 0 radical (unpaired) electrons. The lowest BCUT2D eigenvalue weighted by molar-refractivity contribution is -0.256. The third kappa shape index (κ3) is 11.9. The van der Waals surface area contributed by atoms with E-state index in [2.05, 4.69) is 38.6 Å². The van der Waals surface area contributed by atoms with Crippen LogP contribution in [0.3, 0.4) is 0 Å². The average molecular weight is 993 g/mol. The summed E-state index contributed by atoms with van der Waals surface area (Å²) in [4.78, 5) is 23.3. The van der Waals surface area contributed by atoms with Crippen molar-refractivity contribution in [1.82, 2.24) is 4.90 Å². The summed E-state index contributed by atoms with van der Waals surface area (Å²) >= 11 is 0. The number of aryl methyl sites for hydroxylation is 2. The zero-order valence-electron chi connectivity index (χ0n) is 42.0. The van der Waals surface area contributed by atoms with E-state index in [9.17, 15) is 10.2 Å². The number of benzene rings is 5. The Morgan fingerprint density at radius 1 is 0.781 bits per heavy atom. The molecule has 4 aliphatic rings. The van der Waals surface area contributed by atoms with E-state index >= 15 is 4.79 Å². The number of hydrogen-bond acceptors (Lipinski definition) is 12. The van der Waals surface area contributed by atoms with E-state index in [0.29, 0.717) is 48.2 Å². The first-order valence-corrected chi connectivity index (χ1v) is 25.7. The molecule has 6 atom stereocenters. The van der Waals surface area contributed by atoms with E-state index in [1.807, 2.05) is 103 Å². The molecule has 1 fully saturated rings. The van der Waals surface area contributed by atoms with Crippen LogP contribution in [0.4, 0.5) is 4.79 Å². The van der Waals surface area contributed by atoms with E-state index in [1.54, 1.807) is 11.0 Å². The number of fused-ring (bicyclic) bond motifs is 3. The van der Waals surface area contributed by atoms with E-state index < -0.39 is 23.8 Å². The summed E-state index contributed by atoms with van der Waals surface area (Å²) in [7, 11) is 0. The topological polar surface area (TPSA) is 147 Å². The molecule has 0 spiro atoms. The highest BCUT2D eigenvalue weighted by molar-refractivity contribution is 6.03. The Hall–Kier alpha value is -6.64. The first kappa shape index (κ1) is 51.3. The number of rotatable bonds is 24. The molecule has 2 aliphatic carbocycles. The molecule has 1 saturated carbocycles. The van der Waals surface area contributed by atoms with E-state index in [1.165, 1.54) is 5.56 Å². The minimum atomic E-state index is -1.53. The highest BCUT2D eigenvalue weighted by atomic mass is 16.7. The van der Waals surface area contributed by atoms with Gasteiger partial charge in [0.2, 0.25) is 12.6 Å². The Morgan fingerprint density at radius 2 is 1.49 bits per heavy atom. The normalized spacial score (nSPS) is 21.8. The number of aliphatic hydroxyl groups excluding tert-OH is 2. The molecule has 384 valence electrons. The van der Waals surface area contributed by atoms with Gasteiger partial charge in [-0.3, -0.25) is 4.90 Å². The summed E-state index contributed by atoms with van der Waals surface area (Å²) < 4.78 is 45.2. The number of unbranched alkanes of at least 4 members (excludes halogenated alkanes) is 2. The van der Waals surface area contributed by atoms with Crippen molar-refractivity contribution < 1.29 is 53.0 Å². The first-order valence-electron chi connectivity index (χ1n) is 25.7. The number of ether oxygens (including phenoxy) is 7. The molecular formula is C60H68N2O11. The van der Waals surface area contributed by atoms with Gasteiger partial charge in [-0.15, -0.1) is 6.58 Å². The monoisotopic (exact) mass is 992 g/mol. The van der Waals surface area contributed by atoms with Gasteiger partial charge < -0.3 is 48.2 Å². The van der Waals surface area contributed by atoms with Crippen LogP contribution in [0, 0.1) is 31.6 Å². The van der Waals surface area contributed by atoms with Gasteiger partial charge in [-0.25, -0.2) is 4.79 Å². The van der Waals surface area contributed by atoms with Crippen molar-refractivity contribution in [3.63, 3.8) is 0 Å². The highest BCUT2D eigenvalue weighted by Crippen LogP contribution is 2.62. The lowest BCUT2D eigenvalue weighted by Crippen LogP contribution is -2.70. The van der Waals surface area contributed by atoms with Crippen molar-refractivity contribution in [2.24, 2.45) is 22.9 Å². The van der Waals surface area contributed by atoms with Crippen LogP contribution in [0.1, 0.15) is 84.2 Å². The summed E-state index contributed by atoms with van der Waals surface area (Å²) in [5.74, 6) is 0.874. The summed E-state index contributed by atoms with van der Waals surface area (Å²) in [6.45, 7) is 9.46. The van der Waals surface area contributed by atoms with Crippen molar-refractivity contribution in [2.75, 3.05) is 39.8 Å². The standard InChI is InChI=1S/C60H68N2O11/c1-4-29-70-60-56(62(37-45-22-25-54-55(33-45)69-40-68-54)59(65)67-31-30-66-38-43-15-7-5-8-16-43)36-52(61-71-39-44-17-9-6-10-18-44)50-34-46(19-11-13-27-63)49(20-12-14-28-64)57(58(50)60)51-35-48(24-26-53(51)73-60)72-47-23-21-41(2)42(3)32-47/h4-10,15-18,21-26,32-35,46,49,56-58,63-64H,1,11-14,19-20,27-31,36-40H2,2-3H3. The van der Waals surface area contributed by atoms with Crippen LogP contribution in [-0.2, 0) is 38.8 Å². The summed E-state index contributed by atoms with van der Waals surface area (Å²) in [6.07, 6.45) is 8.10. The largest absolute Gasteiger partial charge is 0.459 e. The van der Waals surface area contributed by atoms with Crippen LogP contribution >= 0.6 is 0 Å². The van der Waals surface area contributed by atoms with Crippen molar-refractivity contribution >= 4 is 11.8 Å². The molecule has 9 rings (SSSR count). The van der Waals surface area contributed by atoms with E-state index in [4.69, 9.17) is 43.2 Å². The third-order valence-corrected chi connectivity index (χ3v) is 14.6. The molecule has 5 aromatic carbocycles. The minimum Gasteiger partial charge on any atom is -0.459 e. The second-order valence-electron chi connectivity index (χ2n) is 19.3. The van der Waals surface area contributed by atoms with Crippen molar-refractivity contribution in [3.05, 3.63) is 173 Å². The van der Waals surface area contributed by atoms with Crippen LogP contribution in [-0.4, -0.2) is 78.6 Å². The van der Waals surface area contributed by atoms with Gasteiger partial charge >= 0.3 is 6.09 Å². The van der Waals surface area contributed by atoms with Gasteiger partial charge in [0.25, 0.3) is 0 Å². The molecule has 13 heteroatoms. The van der Waals surface area contributed by atoms with Crippen LogP contribution < -0.4 is 18.9 Å². The summed E-state index contributed by atoms with van der Waals surface area (Å²) in [5.41, 5.74) is 7.57. The Kier molecular flexibility index (Phi) is 17.1. The molecule has 0 bridgehead atoms. The number of aliphatic hydroxyl groups is 2. The third-order valence-electron chi connectivity index (χ3n) is 14.6. The van der Waals surface area contributed by atoms with Crippen molar-refractivity contribution in [3.8, 4) is 28.7 Å². The Labute approximate surface area is 428 Å². The second-order valence-corrected chi connectivity index (χ2v) is 19.3. The zero-order chi connectivity index (χ0) is 50.6. The van der Waals surface area contributed by atoms with Crippen LogP contribution in [0.25, 0.3) is 0 Å². The molecular weight excluding hydrogens is 925 g/mol. The molecule has 5 aromatic rings. The zero-order valence-corrected chi connectivity index (χ0v) is 42.0. The number of carbonyl (C=O) groups is 1. The maximum atomic E-state index is 15.2. The minimum absolute atomic E-state index is 0.00600. The molecule has 2 N–H and O–H groups in total. The fraction of sp³-hybridized carbons (Fsp3) is 0.400. The van der Waals surface area contributed by atoms with Gasteiger partial charge in [0.15, 0.2) is 11.5 Å². The number of oxime groups is 1. The maximum Gasteiger partial charge on any atom is 0.410 e. The Morgan fingerprint density at radius 3 is 2.25 bits per heavy atom. The molecule has 2 aliphatic heterocycles. The lowest BCUT2D eigenvalue weighted by Gasteiger charge is -2.59. The number of nitrogens with zero attached hydrogens (tertiary/aromatic N) is 2. The molecule has 13 nitrogen and oxygen atoms in total. The predicted octanol–water partition coefficient (Wildman–Crippen LogP) is 11.5. The van der Waals surface area contributed by atoms with Gasteiger partial charge in [-0.1, -0.05) is 103 Å². The molecule has 73 heavy (non-hydrogen) atoms. The number of carbonyl (C=O) groups excluding carboxylic acids is 1. The van der Waals surface area contributed by atoms with E-state index in [0.717, 1.165) is 64.8 Å². The maximum absolute atomic E-state index is 15.2. The smallest absolute Gasteiger partial charge is 0.410 e. The van der Waals surface area contributed by atoms with Gasteiger partial charge in [-0.2, -0.15) is 0 Å². The Bertz CT molecular complexity index is 2710. The molecule has 1 amide bonds. The average Bonchev–Trinajstić information content (AvgIpc) is 3.89. The fourth-order valence-electron chi connectivity index (χ4n) is 11.0. The van der Waals surface area contributed by atoms with Crippen molar-refractivity contribution in [1.29, 1.82) is 0 Å². The quantitative estimate of drug-likeness (QED) is 0.0346. The summed E-state index contributed by atoms with van der Waals surface area (Å²) in [5, 5.41) is 25.2. The van der Waals surface area contributed by atoms with Gasteiger partial charge in [0, 0.05) is 37.7 Å². The summed E-state index contributed by atoms with van der Waals surface area (Å²) in [6, 6.07) is 36.6. The predicted molar refractivity (Wildman–Crippen MR) is 278 cm³/mol. The number of amides is 1. The SMILES string of the molecule is C=CCOC12Oc3ccc(Oc4ccc(C)c(C)c4)cc3C3C(CCCCO)C(CCCCO)C=C(C(=NOCc4ccccc4)CC1N(Cc1ccc4c(c1)OCO4)C(=O)OCCOCc1ccccc1)C32. The fourth-order valence-corrected chi connectivity index (χ4v) is 11.0. The van der Waals surface area contributed by atoms with E-state index in [-0.39, 0.29) is 77.2 Å². The van der Waals surface area contributed by atoms with Gasteiger partial charge in [0.05, 0.1) is 31.5 Å². The molecule has 6 unspecified atom stereocenters. The second kappa shape index (κ2) is 24.4.